The Morgan fingerprint density at radius 1 is 0.318 bits per heavy atom. The first-order valence-corrected chi connectivity index (χ1v) is 18.6. The molecular weight excluding hydrogens is 895 g/mol. The van der Waals surface area contributed by atoms with Crippen molar-refractivity contribution in [2.75, 3.05) is 22.9 Å². The lowest BCUT2D eigenvalue weighted by Gasteiger charge is -2.14. The van der Waals surface area contributed by atoms with Crippen LogP contribution in [0.2, 0.25) is 0 Å². The van der Waals surface area contributed by atoms with E-state index in [-0.39, 0.29) is 11.0 Å². The maximum absolute atomic E-state index is 16.0. The third-order valence-corrected chi connectivity index (χ3v) is 10.8. The summed E-state index contributed by atoms with van der Waals surface area (Å²) in [6, 6.07) is 6.24. The number of H-pyrrole nitrogens is 2. The number of nitrogens with zero attached hydrogens (tertiary/aromatic N) is 2. The summed E-state index contributed by atoms with van der Waals surface area (Å²) in [4.78, 5) is 14.3. The Morgan fingerprint density at radius 3 is 0.773 bits per heavy atom. The van der Waals surface area contributed by atoms with Gasteiger partial charge in [0.1, 0.15) is 23.0 Å². The number of nitrogen functional groups attached to an aromatic ring is 4. The van der Waals surface area contributed by atoms with E-state index >= 15 is 35.1 Å². The highest BCUT2D eigenvalue weighted by atomic mass is 19.2. The molecule has 66 heavy (non-hydrogen) atoms. The quantitative estimate of drug-likeness (QED) is 0.0200. The monoisotopic (exact) mass is 918 g/mol. The van der Waals surface area contributed by atoms with E-state index in [1.165, 1.54) is 0 Å². The molecule has 0 radical (unpaired) electrons. The number of benzene rings is 4. The lowest BCUT2D eigenvalue weighted by atomic mass is 9.99. The number of fused-ring (bicyclic) bond motifs is 8. The van der Waals surface area contributed by atoms with E-state index in [4.69, 9.17) is 22.9 Å². The van der Waals surface area contributed by atoms with Crippen molar-refractivity contribution < 1.29 is 64.3 Å². The van der Waals surface area contributed by atoms with Crippen molar-refractivity contribution in [2.24, 2.45) is 0 Å². The van der Waals surface area contributed by atoms with Gasteiger partial charge in [-0.05, 0) is 60.7 Å². The summed E-state index contributed by atoms with van der Waals surface area (Å²) in [6.07, 6.45) is 4.21. The van der Waals surface area contributed by atoms with Gasteiger partial charge in [0.25, 0.3) is 0 Å². The number of aromatic amines is 2. The van der Waals surface area contributed by atoms with Crippen LogP contribution in [0.4, 0.5) is 66.7 Å². The van der Waals surface area contributed by atoms with E-state index in [1.54, 1.807) is 0 Å². The number of nitrogens with one attached hydrogen (secondary N) is 2. The van der Waals surface area contributed by atoms with Crippen LogP contribution >= 0.6 is 0 Å². The average molecular weight is 919 g/mol. The molecular formula is C44H24F10N8O4. The van der Waals surface area contributed by atoms with Gasteiger partial charge in [-0.25, -0.2) is 53.9 Å². The number of anilines is 4. The molecule has 14 N–H and O–H groups in total. The third kappa shape index (κ3) is 6.08. The molecule has 0 atom stereocenters. The van der Waals surface area contributed by atoms with E-state index in [0.29, 0.717) is 0 Å². The van der Waals surface area contributed by atoms with Crippen molar-refractivity contribution in [1.82, 2.24) is 19.9 Å². The summed E-state index contributed by atoms with van der Waals surface area (Å²) < 4.78 is 153. The number of aromatic hydroxyl groups is 4. The van der Waals surface area contributed by atoms with Crippen LogP contribution in [0.1, 0.15) is 22.8 Å². The second-order valence-electron chi connectivity index (χ2n) is 14.6. The van der Waals surface area contributed by atoms with Crippen LogP contribution < -0.4 is 22.9 Å². The molecule has 22 heteroatoms. The van der Waals surface area contributed by atoms with Gasteiger partial charge in [0.2, 0.25) is 11.6 Å². The number of phenolic OH excluding ortho intramolecular Hbond substituents is 4. The first-order chi connectivity index (χ1) is 31.2. The fraction of sp³-hybridized carbons (Fsp3) is 0. The van der Waals surface area contributed by atoms with Crippen LogP contribution in [0.25, 0.3) is 90.9 Å². The highest BCUT2D eigenvalue weighted by Crippen LogP contribution is 2.50. The van der Waals surface area contributed by atoms with Gasteiger partial charge in [-0.15, -0.1) is 0 Å². The molecule has 3 aromatic heterocycles. The second-order valence-corrected chi connectivity index (χ2v) is 14.6. The van der Waals surface area contributed by atoms with Crippen LogP contribution in [0.3, 0.4) is 0 Å². The lowest BCUT2D eigenvalue weighted by Crippen LogP contribution is -2.05. The van der Waals surface area contributed by atoms with Crippen molar-refractivity contribution in [2.45, 2.75) is 0 Å². The Morgan fingerprint density at radius 2 is 0.530 bits per heavy atom. The summed E-state index contributed by atoms with van der Waals surface area (Å²) in [6.45, 7) is 0. The first-order valence-electron chi connectivity index (χ1n) is 18.6. The fourth-order valence-electron chi connectivity index (χ4n) is 7.79. The summed E-state index contributed by atoms with van der Waals surface area (Å²) >= 11 is 0. The first kappa shape index (κ1) is 42.5. The summed E-state index contributed by atoms with van der Waals surface area (Å²) in [5, 5.41) is 45.3. The van der Waals surface area contributed by atoms with Gasteiger partial charge in [-0.3, -0.25) is 0 Å². The Labute approximate surface area is 360 Å². The zero-order chi connectivity index (χ0) is 47.5. The fourth-order valence-corrected chi connectivity index (χ4v) is 7.79. The molecule has 0 saturated heterocycles. The van der Waals surface area contributed by atoms with Gasteiger partial charge in [0.05, 0.1) is 67.8 Å². The van der Waals surface area contributed by atoms with Gasteiger partial charge in [-0.2, -0.15) is 0 Å². The van der Waals surface area contributed by atoms with Crippen molar-refractivity contribution in [3.63, 3.8) is 0 Å². The van der Waals surface area contributed by atoms with Crippen molar-refractivity contribution in [3.05, 3.63) is 117 Å². The molecule has 0 saturated carbocycles. The molecule has 4 aromatic carbocycles. The number of hydrogen-bond acceptors (Lipinski definition) is 10. The van der Waals surface area contributed by atoms with Gasteiger partial charge in [0, 0.05) is 44.3 Å². The molecule has 2 aliphatic heterocycles. The molecule has 0 amide bonds. The molecule has 2 aliphatic rings. The zero-order valence-corrected chi connectivity index (χ0v) is 32.5. The average Bonchev–Trinajstić information content (AvgIpc) is 4.14. The number of hydrogen-bond donors (Lipinski definition) is 10. The van der Waals surface area contributed by atoms with Crippen LogP contribution in [0.15, 0.2) is 36.4 Å². The highest BCUT2D eigenvalue weighted by molar-refractivity contribution is 6.04. The van der Waals surface area contributed by atoms with E-state index in [1.807, 2.05) is 0 Å². The van der Waals surface area contributed by atoms with Crippen molar-refractivity contribution in [1.29, 1.82) is 0 Å². The van der Waals surface area contributed by atoms with Gasteiger partial charge >= 0.3 is 0 Å². The normalized spacial score (nSPS) is 12.2. The van der Waals surface area contributed by atoms with Gasteiger partial charge in [0.15, 0.2) is 46.5 Å². The number of halogens is 10. The van der Waals surface area contributed by atoms with Gasteiger partial charge in [-0.1, -0.05) is 0 Å². The highest BCUT2D eigenvalue weighted by Gasteiger charge is 2.33. The SMILES string of the molecule is Nc1cc(N)c(O)c(-c2c3nc(c(-c4c(F)c(F)c(F)c(F)c4F)c4ccc([nH]4)c(-c4c(O)c(N)cc(N)c4O)c4nc(c(-c5c(F)c(F)c(F)c(F)c5F)c5ccc2[nH]5)C=C4)C=C3)c1O. The maximum atomic E-state index is 16.0. The molecule has 12 nitrogen and oxygen atoms in total. The Bertz CT molecular complexity index is 3260. The molecule has 9 rings (SSSR count). The molecule has 0 spiro atoms. The third-order valence-electron chi connectivity index (χ3n) is 10.8. The predicted molar refractivity (Wildman–Crippen MR) is 224 cm³/mol. The van der Waals surface area contributed by atoms with Crippen LogP contribution in [0, 0.1) is 58.2 Å². The minimum atomic E-state index is -2.50. The smallest absolute Gasteiger partial charge is 0.200 e. The van der Waals surface area contributed by atoms with E-state index in [0.717, 1.165) is 60.7 Å². The molecule has 0 aliphatic carbocycles. The minimum absolute atomic E-state index is 0.317. The lowest BCUT2D eigenvalue weighted by molar-refractivity contribution is 0.381. The summed E-state index contributed by atoms with van der Waals surface area (Å²) in [5.41, 5.74) is 11.9. The van der Waals surface area contributed by atoms with Crippen LogP contribution in [-0.2, 0) is 0 Å². The molecule has 0 fully saturated rings. The number of nitrogens with two attached hydrogens (primary N) is 4. The van der Waals surface area contributed by atoms with Gasteiger partial charge < -0.3 is 53.3 Å². The summed E-state index contributed by atoms with van der Waals surface area (Å²) in [7, 11) is 0. The number of phenols is 4. The molecule has 7 aromatic rings. The van der Waals surface area contributed by atoms with E-state index < -0.39 is 182 Å². The maximum Gasteiger partial charge on any atom is 0.200 e. The second kappa shape index (κ2) is 14.9. The molecule has 0 unspecified atom stereocenters. The largest absolute Gasteiger partial charge is 0.505 e. The molecule has 5 heterocycles. The number of rotatable bonds is 4. The van der Waals surface area contributed by atoms with Crippen LogP contribution in [0.5, 0.6) is 23.0 Å². The predicted octanol–water partition coefficient (Wildman–Crippen LogP) is 9.87. The Kier molecular flexibility index (Phi) is 9.58. The minimum Gasteiger partial charge on any atom is -0.505 e. The van der Waals surface area contributed by atoms with Crippen LogP contribution in [-0.4, -0.2) is 40.4 Å². The molecule has 8 bridgehead atoms. The molecule has 334 valence electrons. The Balaban J connectivity index is 1.59. The zero-order valence-electron chi connectivity index (χ0n) is 32.5. The van der Waals surface area contributed by atoms with E-state index in [2.05, 4.69) is 19.9 Å². The van der Waals surface area contributed by atoms with Crippen molar-refractivity contribution in [3.8, 4) is 67.5 Å². The number of aromatic nitrogens is 4. The topological polar surface area (TPSA) is 242 Å². The Hall–Kier alpha value is -8.82. The summed E-state index contributed by atoms with van der Waals surface area (Å²) in [5.74, 6) is -27.2. The van der Waals surface area contributed by atoms with Crippen molar-refractivity contribution >= 4 is 69.1 Å². The van der Waals surface area contributed by atoms with E-state index in [9.17, 15) is 29.2 Å². The standard InChI is InChI=1S/C44H24F10N8O4/c45-31-27(32(46)36(50)39(53)35(31)49)23-15-1-5-19(59-15)25(29-41(63)11(55)9-12(56)42(29)64)20-7-3-17(61-20)24(28-33(47)37(51)40(54)38(52)34(28)48)18-4-8-22(62-18)26(21-6-2-16(23)60-21)30-43(65)13(57)10-14(58)44(30)66/h1-10,59,62-66H,55-58H2.